The van der Waals surface area contributed by atoms with Crippen LogP contribution in [0.5, 0.6) is 28.9 Å². The molecule has 0 unspecified atom stereocenters. The van der Waals surface area contributed by atoms with Crippen LogP contribution in [0.2, 0.25) is 0 Å². The first-order chi connectivity index (χ1) is 18.7. The van der Waals surface area contributed by atoms with E-state index in [9.17, 15) is 18.0 Å². The van der Waals surface area contributed by atoms with Crippen LogP contribution in [-0.2, 0) is 11.3 Å². The van der Waals surface area contributed by atoms with E-state index < -0.39 is 18.7 Å². The molecule has 3 aromatic heterocycles. The van der Waals surface area contributed by atoms with Gasteiger partial charge in [0.1, 0.15) is 5.75 Å². The smallest absolute Gasteiger partial charge is 0.422 e. The quantitative estimate of drug-likeness (QED) is 0.295. The van der Waals surface area contributed by atoms with Gasteiger partial charge in [-0.3, -0.25) is 14.5 Å². The molecule has 206 valence electrons. The fourth-order valence-electron chi connectivity index (χ4n) is 3.39. The standard InChI is InChI=1S/C24H23F3N6O6/c1-35-9-8-33-12-19(38-13-24(25,26)27)22(32-33)23(34)29-20-4-5-21(31-30-20)39-16-6-7-28-15-11-18(37-3)17(36-2)10-14(15)16/h4-7,10-12H,8-9,13H2,1-3H3,(H,29,30,34). The van der Waals surface area contributed by atoms with Crippen molar-refractivity contribution >= 4 is 22.6 Å². The first-order valence-corrected chi connectivity index (χ1v) is 11.3. The third-order valence-corrected chi connectivity index (χ3v) is 5.16. The molecule has 1 amide bonds. The number of amides is 1. The maximum absolute atomic E-state index is 12.8. The highest BCUT2D eigenvalue weighted by Crippen LogP contribution is 2.36. The van der Waals surface area contributed by atoms with Crippen molar-refractivity contribution in [1.82, 2.24) is 25.0 Å². The monoisotopic (exact) mass is 548 g/mol. The van der Waals surface area contributed by atoms with Crippen molar-refractivity contribution < 1.29 is 41.7 Å². The summed E-state index contributed by atoms with van der Waals surface area (Å²) >= 11 is 0. The Kier molecular flexibility index (Phi) is 8.29. The molecule has 3 heterocycles. The van der Waals surface area contributed by atoms with Gasteiger partial charge in [0, 0.05) is 30.8 Å². The van der Waals surface area contributed by atoms with Crippen molar-refractivity contribution in [2.24, 2.45) is 0 Å². The minimum absolute atomic E-state index is 0.00607. The zero-order chi connectivity index (χ0) is 28.0. The molecule has 0 saturated heterocycles. The van der Waals surface area contributed by atoms with Gasteiger partial charge in [0.25, 0.3) is 5.91 Å². The summed E-state index contributed by atoms with van der Waals surface area (Å²) < 4.78 is 65.5. The second-order valence-corrected chi connectivity index (χ2v) is 7.85. The number of methoxy groups -OCH3 is 3. The van der Waals surface area contributed by atoms with Gasteiger partial charge in [0.2, 0.25) is 5.88 Å². The number of ether oxygens (including phenoxy) is 5. The minimum Gasteiger partial charge on any atom is -0.493 e. The number of nitrogens with one attached hydrogen (secondary N) is 1. The molecule has 0 atom stereocenters. The molecular weight excluding hydrogens is 525 g/mol. The summed E-state index contributed by atoms with van der Waals surface area (Å²) in [5.74, 6) is 0.332. The molecule has 12 nitrogen and oxygen atoms in total. The van der Waals surface area contributed by atoms with Gasteiger partial charge in [-0.05, 0) is 18.2 Å². The first kappa shape index (κ1) is 27.4. The number of anilines is 1. The number of nitrogens with zero attached hydrogens (tertiary/aromatic N) is 5. The lowest BCUT2D eigenvalue weighted by atomic mass is 10.2. The lowest BCUT2D eigenvalue weighted by Crippen LogP contribution is -2.21. The first-order valence-electron chi connectivity index (χ1n) is 11.3. The van der Waals surface area contributed by atoms with Gasteiger partial charge in [-0.25, -0.2) is 0 Å². The van der Waals surface area contributed by atoms with E-state index in [0.717, 1.165) is 0 Å². The van der Waals surface area contributed by atoms with Crippen molar-refractivity contribution in [2.75, 3.05) is 39.9 Å². The Balaban J connectivity index is 1.50. The third kappa shape index (κ3) is 6.81. The average molecular weight is 548 g/mol. The highest BCUT2D eigenvalue weighted by Gasteiger charge is 2.30. The van der Waals surface area contributed by atoms with Crippen molar-refractivity contribution in [3.05, 3.63) is 48.4 Å². The Hall–Kier alpha value is -4.66. The van der Waals surface area contributed by atoms with E-state index in [1.807, 2.05) is 0 Å². The Bertz CT molecular complexity index is 1450. The van der Waals surface area contributed by atoms with Gasteiger partial charge in [0.05, 0.1) is 39.1 Å². The molecule has 1 aromatic carbocycles. The lowest BCUT2D eigenvalue weighted by Gasteiger charge is -2.12. The van der Waals surface area contributed by atoms with Crippen molar-refractivity contribution in [3.8, 4) is 28.9 Å². The van der Waals surface area contributed by atoms with Crippen LogP contribution in [0.1, 0.15) is 10.5 Å². The minimum atomic E-state index is -4.60. The number of carbonyl (C=O) groups is 1. The molecular formula is C24H23F3N6O6. The Morgan fingerprint density at radius 3 is 2.44 bits per heavy atom. The van der Waals surface area contributed by atoms with Gasteiger partial charge in [-0.15, -0.1) is 10.2 Å². The second kappa shape index (κ2) is 11.8. The predicted octanol–water partition coefficient (Wildman–Crippen LogP) is 3.87. The molecule has 0 spiro atoms. The number of rotatable bonds is 11. The second-order valence-electron chi connectivity index (χ2n) is 7.85. The summed E-state index contributed by atoms with van der Waals surface area (Å²) in [6.07, 6.45) is -1.86. The van der Waals surface area contributed by atoms with E-state index in [4.69, 9.17) is 23.7 Å². The number of halogens is 3. The molecule has 4 rings (SSSR count). The van der Waals surface area contributed by atoms with E-state index in [0.29, 0.717) is 28.2 Å². The number of carbonyl (C=O) groups excluding carboxylic acids is 1. The van der Waals surface area contributed by atoms with Crippen molar-refractivity contribution in [3.63, 3.8) is 0 Å². The van der Waals surface area contributed by atoms with Crippen LogP contribution >= 0.6 is 0 Å². The van der Waals surface area contributed by atoms with Crippen LogP contribution in [-0.4, -0.2) is 71.6 Å². The summed E-state index contributed by atoms with van der Waals surface area (Å²) in [7, 11) is 4.48. The number of benzene rings is 1. The zero-order valence-corrected chi connectivity index (χ0v) is 21.0. The summed E-state index contributed by atoms with van der Waals surface area (Å²) in [4.78, 5) is 17.1. The third-order valence-electron chi connectivity index (χ3n) is 5.16. The zero-order valence-electron chi connectivity index (χ0n) is 21.0. The summed E-state index contributed by atoms with van der Waals surface area (Å²) in [6.45, 7) is -1.17. The molecule has 0 bridgehead atoms. The number of alkyl halides is 3. The Morgan fingerprint density at radius 2 is 1.77 bits per heavy atom. The molecule has 0 fully saturated rings. The molecule has 0 aliphatic heterocycles. The van der Waals surface area contributed by atoms with E-state index in [-0.39, 0.29) is 36.3 Å². The maximum atomic E-state index is 12.8. The number of hydrogen-bond donors (Lipinski definition) is 1. The fraction of sp³-hybridized carbons (Fsp3) is 0.292. The number of hydrogen-bond acceptors (Lipinski definition) is 10. The highest BCUT2D eigenvalue weighted by molar-refractivity contribution is 6.04. The summed E-state index contributed by atoms with van der Waals surface area (Å²) in [5.41, 5.74) is 0.237. The highest BCUT2D eigenvalue weighted by atomic mass is 19.4. The van der Waals surface area contributed by atoms with Crippen LogP contribution < -0.4 is 24.3 Å². The molecule has 1 N–H and O–H groups in total. The fourth-order valence-corrected chi connectivity index (χ4v) is 3.39. The number of fused-ring (bicyclic) bond motifs is 1. The summed E-state index contributed by atoms with van der Waals surface area (Å²) in [6, 6.07) is 7.91. The summed E-state index contributed by atoms with van der Waals surface area (Å²) in [5, 5.41) is 14.9. The Morgan fingerprint density at radius 1 is 1.00 bits per heavy atom. The predicted molar refractivity (Wildman–Crippen MR) is 131 cm³/mol. The maximum Gasteiger partial charge on any atom is 0.422 e. The lowest BCUT2D eigenvalue weighted by molar-refractivity contribution is -0.153. The molecule has 0 radical (unpaired) electrons. The topological polar surface area (TPSA) is 132 Å². The van der Waals surface area contributed by atoms with Crippen molar-refractivity contribution in [2.45, 2.75) is 12.7 Å². The molecule has 4 aromatic rings. The van der Waals surface area contributed by atoms with Crippen molar-refractivity contribution in [1.29, 1.82) is 0 Å². The van der Waals surface area contributed by atoms with Crippen LogP contribution in [0.3, 0.4) is 0 Å². The van der Waals surface area contributed by atoms with Crippen LogP contribution in [0.25, 0.3) is 10.9 Å². The van der Waals surface area contributed by atoms with Crippen LogP contribution in [0.15, 0.2) is 42.7 Å². The molecule has 0 saturated carbocycles. The molecule has 15 heteroatoms. The number of aromatic nitrogens is 5. The van der Waals surface area contributed by atoms with E-state index in [2.05, 4.69) is 25.6 Å². The largest absolute Gasteiger partial charge is 0.493 e. The van der Waals surface area contributed by atoms with Gasteiger partial charge >= 0.3 is 6.18 Å². The van der Waals surface area contributed by atoms with E-state index in [1.54, 1.807) is 24.4 Å². The van der Waals surface area contributed by atoms with Gasteiger partial charge in [-0.2, -0.15) is 18.3 Å². The van der Waals surface area contributed by atoms with E-state index >= 15 is 0 Å². The van der Waals surface area contributed by atoms with Gasteiger partial charge < -0.3 is 29.0 Å². The van der Waals surface area contributed by atoms with Gasteiger partial charge in [-0.1, -0.05) is 0 Å². The number of pyridine rings is 1. The van der Waals surface area contributed by atoms with Gasteiger partial charge in [0.15, 0.2) is 35.4 Å². The molecule has 0 aliphatic carbocycles. The molecule has 39 heavy (non-hydrogen) atoms. The normalized spacial score (nSPS) is 11.3. The van der Waals surface area contributed by atoms with Crippen LogP contribution in [0, 0.1) is 0 Å². The SMILES string of the molecule is COCCn1cc(OCC(F)(F)F)c(C(=O)Nc2ccc(Oc3ccnc4cc(OC)c(OC)cc34)nn2)n1. The molecule has 0 aliphatic rings. The average Bonchev–Trinajstić information content (AvgIpc) is 3.34. The van der Waals surface area contributed by atoms with E-state index in [1.165, 1.54) is 44.3 Å². The Labute approximate surface area is 219 Å². The van der Waals surface area contributed by atoms with Crippen LogP contribution in [0.4, 0.5) is 19.0 Å².